The first-order valence-electron chi connectivity index (χ1n) is 6.72. The highest BCUT2D eigenvalue weighted by atomic mass is 35.5. The van der Waals surface area contributed by atoms with Crippen molar-refractivity contribution in [3.63, 3.8) is 0 Å². The molecule has 0 radical (unpaired) electrons. The Balaban J connectivity index is 1.57. The lowest BCUT2D eigenvalue weighted by Gasteiger charge is -2.05. The Bertz CT molecular complexity index is 798. The minimum atomic E-state index is -0.181. The quantitative estimate of drug-likeness (QED) is 0.710. The Labute approximate surface area is 146 Å². The Morgan fingerprint density at radius 1 is 1.22 bits per heavy atom. The number of carbonyl (C=O) groups excluding carboxylic acids is 1. The SMILES string of the molecule is O=C(CCc1nnc(-c2cccs2)o1)Nc1cc(Cl)cc(Cl)c1. The Morgan fingerprint density at radius 3 is 2.70 bits per heavy atom. The van der Waals surface area contributed by atoms with E-state index in [0.717, 1.165) is 4.88 Å². The number of hydrogen-bond donors (Lipinski definition) is 1. The number of benzene rings is 1. The predicted octanol–water partition coefficient (Wildman–Crippen LogP) is 4.68. The van der Waals surface area contributed by atoms with Crippen LogP contribution in [0.25, 0.3) is 10.8 Å². The predicted molar refractivity (Wildman–Crippen MR) is 91.0 cm³/mol. The number of nitrogens with zero attached hydrogens (tertiary/aromatic N) is 2. The summed E-state index contributed by atoms with van der Waals surface area (Å²) in [6.07, 6.45) is 0.578. The van der Waals surface area contributed by atoms with Gasteiger partial charge in [0.15, 0.2) is 0 Å². The summed E-state index contributed by atoms with van der Waals surface area (Å²) >= 11 is 13.3. The van der Waals surface area contributed by atoms with Gasteiger partial charge in [-0.1, -0.05) is 29.3 Å². The first kappa shape index (κ1) is 16.0. The molecule has 2 aromatic heterocycles. The number of nitrogens with one attached hydrogen (secondary N) is 1. The van der Waals surface area contributed by atoms with Crippen molar-refractivity contribution in [1.29, 1.82) is 0 Å². The molecule has 0 spiro atoms. The van der Waals surface area contributed by atoms with Gasteiger partial charge in [-0.05, 0) is 29.6 Å². The number of aryl methyl sites for hydroxylation is 1. The third kappa shape index (κ3) is 4.31. The van der Waals surface area contributed by atoms with Gasteiger partial charge in [-0.15, -0.1) is 21.5 Å². The van der Waals surface area contributed by atoms with Crippen LogP contribution >= 0.6 is 34.5 Å². The van der Waals surface area contributed by atoms with Crippen molar-refractivity contribution in [2.75, 3.05) is 5.32 Å². The summed E-state index contributed by atoms with van der Waals surface area (Å²) in [6, 6.07) is 8.67. The number of amides is 1. The summed E-state index contributed by atoms with van der Waals surface area (Å²) in [5, 5.41) is 13.5. The second kappa shape index (κ2) is 7.12. The maximum absolute atomic E-state index is 12.0. The number of rotatable bonds is 5. The highest BCUT2D eigenvalue weighted by Crippen LogP contribution is 2.24. The summed E-state index contributed by atoms with van der Waals surface area (Å²) in [4.78, 5) is 12.9. The molecule has 1 aromatic carbocycles. The maximum atomic E-state index is 12.0. The number of hydrogen-bond acceptors (Lipinski definition) is 5. The molecule has 3 rings (SSSR count). The van der Waals surface area contributed by atoms with Crippen molar-refractivity contribution in [3.8, 4) is 10.8 Å². The van der Waals surface area contributed by atoms with E-state index in [4.69, 9.17) is 27.6 Å². The fourth-order valence-electron chi connectivity index (χ4n) is 1.92. The van der Waals surface area contributed by atoms with E-state index in [2.05, 4.69) is 15.5 Å². The molecule has 0 saturated heterocycles. The largest absolute Gasteiger partial charge is 0.420 e. The van der Waals surface area contributed by atoms with Crippen LogP contribution in [-0.2, 0) is 11.2 Å². The average molecular weight is 368 g/mol. The van der Waals surface area contributed by atoms with E-state index in [1.807, 2.05) is 17.5 Å². The topological polar surface area (TPSA) is 68.0 Å². The van der Waals surface area contributed by atoms with Crippen LogP contribution in [-0.4, -0.2) is 16.1 Å². The molecule has 1 N–H and O–H groups in total. The van der Waals surface area contributed by atoms with Gasteiger partial charge in [0.2, 0.25) is 11.8 Å². The second-order valence-corrected chi connectivity index (χ2v) is 6.51. The first-order chi connectivity index (χ1) is 11.1. The van der Waals surface area contributed by atoms with E-state index in [1.165, 1.54) is 11.3 Å². The molecule has 118 valence electrons. The molecule has 0 aliphatic carbocycles. The van der Waals surface area contributed by atoms with Crippen molar-refractivity contribution in [1.82, 2.24) is 10.2 Å². The van der Waals surface area contributed by atoms with Gasteiger partial charge >= 0.3 is 0 Å². The highest BCUT2D eigenvalue weighted by Gasteiger charge is 2.11. The smallest absolute Gasteiger partial charge is 0.257 e. The molecule has 5 nitrogen and oxygen atoms in total. The molecule has 0 bridgehead atoms. The van der Waals surface area contributed by atoms with E-state index in [0.29, 0.717) is 33.9 Å². The molecule has 2 heterocycles. The monoisotopic (exact) mass is 367 g/mol. The van der Waals surface area contributed by atoms with Gasteiger partial charge in [-0.2, -0.15) is 0 Å². The van der Waals surface area contributed by atoms with E-state index in [-0.39, 0.29) is 12.3 Å². The molecule has 8 heteroatoms. The van der Waals surface area contributed by atoms with Crippen LogP contribution in [0.3, 0.4) is 0 Å². The van der Waals surface area contributed by atoms with E-state index in [9.17, 15) is 4.79 Å². The Kier molecular flexibility index (Phi) is 4.95. The van der Waals surface area contributed by atoms with Gasteiger partial charge in [0, 0.05) is 28.6 Å². The zero-order chi connectivity index (χ0) is 16.2. The number of carbonyl (C=O) groups is 1. The lowest BCUT2D eigenvalue weighted by atomic mass is 10.2. The minimum absolute atomic E-state index is 0.181. The number of halogens is 2. The van der Waals surface area contributed by atoms with Crippen molar-refractivity contribution >= 4 is 46.1 Å². The van der Waals surface area contributed by atoms with Gasteiger partial charge in [-0.25, -0.2) is 0 Å². The van der Waals surface area contributed by atoms with Crippen LogP contribution in [0.1, 0.15) is 12.3 Å². The minimum Gasteiger partial charge on any atom is -0.420 e. The van der Waals surface area contributed by atoms with Gasteiger partial charge in [0.25, 0.3) is 5.89 Å². The Hall–Kier alpha value is -1.89. The standard InChI is InChI=1S/C15H11Cl2N3O2S/c16-9-6-10(17)8-11(7-9)18-13(21)3-4-14-19-20-15(22-14)12-2-1-5-23-12/h1-2,5-8H,3-4H2,(H,18,21). The normalized spacial score (nSPS) is 10.7. The van der Waals surface area contributed by atoms with Crippen LogP contribution in [0.5, 0.6) is 0 Å². The van der Waals surface area contributed by atoms with Crippen molar-refractivity contribution in [3.05, 3.63) is 51.6 Å². The second-order valence-electron chi connectivity index (χ2n) is 4.68. The zero-order valence-corrected chi connectivity index (χ0v) is 14.1. The number of thiophene rings is 1. The third-order valence-corrected chi connectivity index (χ3v) is 4.21. The summed E-state index contributed by atoms with van der Waals surface area (Å²) in [6.45, 7) is 0. The molecule has 1 amide bonds. The average Bonchev–Trinajstić information content (AvgIpc) is 3.15. The fourth-order valence-corrected chi connectivity index (χ4v) is 3.09. The molecule has 23 heavy (non-hydrogen) atoms. The number of anilines is 1. The van der Waals surface area contributed by atoms with Gasteiger partial charge < -0.3 is 9.73 Å². The molecule has 0 fully saturated rings. The first-order valence-corrected chi connectivity index (χ1v) is 8.36. The van der Waals surface area contributed by atoms with Crippen LogP contribution in [0, 0.1) is 0 Å². The molecule has 0 unspecified atom stereocenters. The summed E-state index contributed by atoms with van der Waals surface area (Å²) in [5.74, 6) is 0.712. The summed E-state index contributed by atoms with van der Waals surface area (Å²) in [7, 11) is 0. The molecule has 0 saturated carbocycles. The van der Waals surface area contributed by atoms with Crippen LogP contribution < -0.4 is 5.32 Å². The van der Waals surface area contributed by atoms with Gasteiger partial charge in [0.05, 0.1) is 4.88 Å². The molecular formula is C15H11Cl2N3O2S. The van der Waals surface area contributed by atoms with E-state index in [1.54, 1.807) is 18.2 Å². The van der Waals surface area contributed by atoms with E-state index >= 15 is 0 Å². The van der Waals surface area contributed by atoms with Gasteiger partial charge in [-0.3, -0.25) is 4.79 Å². The lowest BCUT2D eigenvalue weighted by Crippen LogP contribution is -2.12. The third-order valence-electron chi connectivity index (χ3n) is 2.91. The van der Waals surface area contributed by atoms with Crippen molar-refractivity contribution in [2.45, 2.75) is 12.8 Å². The van der Waals surface area contributed by atoms with Crippen molar-refractivity contribution < 1.29 is 9.21 Å². The molecule has 0 aliphatic heterocycles. The fraction of sp³-hybridized carbons (Fsp3) is 0.133. The maximum Gasteiger partial charge on any atom is 0.257 e. The molecule has 0 atom stereocenters. The van der Waals surface area contributed by atoms with Crippen LogP contribution in [0.15, 0.2) is 40.1 Å². The Morgan fingerprint density at radius 2 is 2.00 bits per heavy atom. The summed E-state index contributed by atoms with van der Waals surface area (Å²) < 4.78 is 5.53. The molecule has 0 aliphatic rings. The van der Waals surface area contributed by atoms with Crippen LogP contribution in [0.4, 0.5) is 5.69 Å². The van der Waals surface area contributed by atoms with E-state index < -0.39 is 0 Å². The zero-order valence-electron chi connectivity index (χ0n) is 11.8. The molecular weight excluding hydrogens is 357 g/mol. The number of aromatic nitrogens is 2. The van der Waals surface area contributed by atoms with Gasteiger partial charge in [0.1, 0.15) is 0 Å². The van der Waals surface area contributed by atoms with Crippen molar-refractivity contribution in [2.24, 2.45) is 0 Å². The molecule has 3 aromatic rings. The highest BCUT2D eigenvalue weighted by molar-refractivity contribution is 7.13. The lowest BCUT2D eigenvalue weighted by molar-refractivity contribution is -0.116. The van der Waals surface area contributed by atoms with Crippen LogP contribution in [0.2, 0.25) is 10.0 Å². The summed E-state index contributed by atoms with van der Waals surface area (Å²) in [5.41, 5.74) is 0.553.